The molecule has 1 aromatic carbocycles. The summed E-state index contributed by atoms with van der Waals surface area (Å²) >= 11 is 0. The molecule has 5 nitrogen and oxygen atoms in total. The summed E-state index contributed by atoms with van der Waals surface area (Å²) < 4.78 is 5.54. The molecule has 0 unspecified atom stereocenters. The fourth-order valence-corrected chi connectivity index (χ4v) is 2.31. The molecule has 2 heterocycles. The molecule has 1 atom stereocenters. The quantitative estimate of drug-likeness (QED) is 0.893. The highest BCUT2D eigenvalue weighted by Crippen LogP contribution is 2.16. The van der Waals surface area contributed by atoms with Gasteiger partial charge in [0.25, 0.3) is 5.56 Å². The van der Waals surface area contributed by atoms with Crippen LogP contribution in [0.2, 0.25) is 0 Å². The average molecular weight is 271 g/mol. The number of anilines is 1. The van der Waals surface area contributed by atoms with Gasteiger partial charge < -0.3 is 10.1 Å². The first-order chi connectivity index (χ1) is 9.81. The van der Waals surface area contributed by atoms with E-state index in [-0.39, 0.29) is 11.7 Å². The maximum absolute atomic E-state index is 11.7. The van der Waals surface area contributed by atoms with Crippen molar-refractivity contribution in [3.8, 4) is 11.3 Å². The number of nitrogens with one attached hydrogen (secondary N) is 2. The van der Waals surface area contributed by atoms with E-state index >= 15 is 0 Å². The van der Waals surface area contributed by atoms with Crippen LogP contribution in [0.3, 0.4) is 0 Å². The minimum Gasteiger partial charge on any atom is -0.376 e. The Morgan fingerprint density at radius 1 is 1.35 bits per heavy atom. The van der Waals surface area contributed by atoms with Gasteiger partial charge in [-0.25, -0.2) is 4.98 Å². The first-order valence-electron chi connectivity index (χ1n) is 6.83. The van der Waals surface area contributed by atoms with E-state index in [0.717, 1.165) is 25.0 Å². The van der Waals surface area contributed by atoms with Gasteiger partial charge in [-0.2, -0.15) is 0 Å². The molecule has 1 fully saturated rings. The van der Waals surface area contributed by atoms with E-state index in [0.29, 0.717) is 18.2 Å². The molecule has 5 heteroatoms. The molecule has 0 saturated carbocycles. The lowest BCUT2D eigenvalue weighted by molar-refractivity contribution is 0.120. The van der Waals surface area contributed by atoms with Crippen molar-refractivity contribution in [1.29, 1.82) is 0 Å². The Hall–Kier alpha value is -2.14. The summed E-state index contributed by atoms with van der Waals surface area (Å²) in [5.41, 5.74) is 1.44. The smallest absolute Gasteiger partial charge is 0.252 e. The van der Waals surface area contributed by atoms with Crippen molar-refractivity contribution >= 4 is 5.95 Å². The summed E-state index contributed by atoms with van der Waals surface area (Å²) in [6.45, 7) is 1.49. The van der Waals surface area contributed by atoms with Gasteiger partial charge in [0, 0.05) is 24.8 Å². The van der Waals surface area contributed by atoms with Crippen LogP contribution in [-0.4, -0.2) is 29.2 Å². The van der Waals surface area contributed by atoms with Crippen LogP contribution >= 0.6 is 0 Å². The maximum Gasteiger partial charge on any atom is 0.252 e. The molecule has 104 valence electrons. The molecule has 0 radical (unpaired) electrons. The van der Waals surface area contributed by atoms with E-state index in [1.54, 1.807) is 0 Å². The van der Waals surface area contributed by atoms with Gasteiger partial charge in [-0.15, -0.1) is 0 Å². The minimum absolute atomic E-state index is 0.159. The highest BCUT2D eigenvalue weighted by atomic mass is 16.5. The zero-order valence-corrected chi connectivity index (χ0v) is 11.1. The van der Waals surface area contributed by atoms with Crippen molar-refractivity contribution < 1.29 is 4.74 Å². The van der Waals surface area contributed by atoms with Crippen molar-refractivity contribution in [2.24, 2.45) is 0 Å². The van der Waals surface area contributed by atoms with E-state index in [9.17, 15) is 4.79 Å². The number of ether oxygens (including phenoxy) is 1. The van der Waals surface area contributed by atoms with Gasteiger partial charge in [0.15, 0.2) is 0 Å². The number of hydrogen-bond acceptors (Lipinski definition) is 4. The molecular formula is C15H17N3O2. The molecule has 0 aliphatic carbocycles. The minimum atomic E-state index is -0.159. The third kappa shape index (κ3) is 3.05. The molecule has 3 rings (SSSR count). The predicted molar refractivity (Wildman–Crippen MR) is 77.8 cm³/mol. The summed E-state index contributed by atoms with van der Waals surface area (Å²) in [5.74, 6) is 0.492. The number of nitrogens with zero attached hydrogens (tertiary/aromatic N) is 1. The summed E-state index contributed by atoms with van der Waals surface area (Å²) in [4.78, 5) is 18.9. The second kappa shape index (κ2) is 5.88. The Morgan fingerprint density at radius 2 is 2.20 bits per heavy atom. The fourth-order valence-electron chi connectivity index (χ4n) is 2.31. The number of benzene rings is 1. The molecule has 2 aromatic rings. The average Bonchev–Trinajstić information content (AvgIpc) is 2.99. The molecule has 0 bridgehead atoms. The van der Waals surface area contributed by atoms with Crippen LogP contribution in [0.1, 0.15) is 12.8 Å². The van der Waals surface area contributed by atoms with Crippen LogP contribution in [0, 0.1) is 0 Å². The Morgan fingerprint density at radius 3 is 2.95 bits per heavy atom. The standard InChI is InChI=1S/C15H17N3O2/c19-14-9-13(11-5-2-1-3-6-11)17-15(18-14)16-10-12-7-4-8-20-12/h1-3,5-6,9,12H,4,7-8,10H2,(H2,16,17,18,19)/t12-/m1/s1. The summed E-state index contributed by atoms with van der Waals surface area (Å²) in [6.07, 6.45) is 2.36. The monoisotopic (exact) mass is 271 g/mol. The molecule has 1 aliphatic rings. The fraction of sp³-hybridized carbons (Fsp3) is 0.333. The highest BCUT2D eigenvalue weighted by Gasteiger charge is 2.15. The molecule has 0 amide bonds. The number of aromatic nitrogens is 2. The lowest BCUT2D eigenvalue weighted by Crippen LogP contribution is -2.21. The molecular weight excluding hydrogens is 254 g/mol. The van der Waals surface area contributed by atoms with Crippen LogP contribution in [0.15, 0.2) is 41.2 Å². The normalized spacial score (nSPS) is 18.1. The first-order valence-corrected chi connectivity index (χ1v) is 6.83. The van der Waals surface area contributed by atoms with E-state index < -0.39 is 0 Å². The van der Waals surface area contributed by atoms with Gasteiger partial charge in [0.05, 0.1) is 11.8 Å². The van der Waals surface area contributed by atoms with Crippen molar-refractivity contribution in [1.82, 2.24) is 9.97 Å². The second-order valence-electron chi connectivity index (χ2n) is 4.86. The van der Waals surface area contributed by atoms with E-state index in [1.807, 2.05) is 30.3 Å². The molecule has 1 aliphatic heterocycles. The molecule has 2 N–H and O–H groups in total. The summed E-state index contributed by atoms with van der Waals surface area (Å²) in [7, 11) is 0. The first kappa shape index (κ1) is 12.9. The lowest BCUT2D eigenvalue weighted by atomic mass is 10.1. The largest absolute Gasteiger partial charge is 0.376 e. The molecule has 1 saturated heterocycles. The SMILES string of the molecule is O=c1cc(-c2ccccc2)nc(NC[C@H]2CCCO2)[nH]1. The van der Waals surface area contributed by atoms with E-state index in [4.69, 9.17) is 4.74 Å². The number of H-pyrrole nitrogens is 1. The van der Waals surface area contributed by atoms with E-state index in [1.165, 1.54) is 6.07 Å². The van der Waals surface area contributed by atoms with Gasteiger partial charge in [0.1, 0.15) is 0 Å². The third-order valence-electron chi connectivity index (χ3n) is 3.33. The zero-order chi connectivity index (χ0) is 13.8. The Balaban J connectivity index is 1.78. The third-order valence-corrected chi connectivity index (χ3v) is 3.33. The van der Waals surface area contributed by atoms with Crippen LogP contribution in [-0.2, 0) is 4.74 Å². The van der Waals surface area contributed by atoms with Crippen LogP contribution in [0.5, 0.6) is 0 Å². The van der Waals surface area contributed by atoms with Crippen molar-refractivity contribution in [2.45, 2.75) is 18.9 Å². The molecule has 20 heavy (non-hydrogen) atoms. The zero-order valence-electron chi connectivity index (χ0n) is 11.1. The summed E-state index contributed by atoms with van der Waals surface area (Å²) in [6, 6.07) is 11.2. The van der Waals surface area contributed by atoms with Crippen molar-refractivity contribution in [2.75, 3.05) is 18.5 Å². The molecule has 0 spiro atoms. The molecule has 1 aromatic heterocycles. The number of hydrogen-bond donors (Lipinski definition) is 2. The Labute approximate surface area is 117 Å². The van der Waals surface area contributed by atoms with Gasteiger partial charge in [0.2, 0.25) is 5.95 Å². The van der Waals surface area contributed by atoms with Crippen molar-refractivity contribution in [3.05, 3.63) is 46.8 Å². The number of rotatable bonds is 4. The highest BCUT2D eigenvalue weighted by molar-refractivity contribution is 5.59. The maximum atomic E-state index is 11.7. The Kier molecular flexibility index (Phi) is 3.78. The van der Waals surface area contributed by atoms with Crippen LogP contribution in [0.4, 0.5) is 5.95 Å². The van der Waals surface area contributed by atoms with Crippen molar-refractivity contribution in [3.63, 3.8) is 0 Å². The van der Waals surface area contributed by atoms with Gasteiger partial charge in [-0.3, -0.25) is 9.78 Å². The lowest BCUT2D eigenvalue weighted by Gasteiger charge is -2.11. The number of aromatic amines is 1. The Bertz CT molecular complexity index is 619. The summed E-state index contributed by atoms with van der Waals surface area (Å²) in [5, 5.41) is 3.15. The van der Waals surface area contributed by atoms with Crippen LogP contribution in [0.25, 0.3) is 11.3 Å². The second-order valence-corrected chi connectivity index (χ2v) is 4.86. The topological polar surface area (TPSA) is 67.0 Å². The van der Waals surface area contributed by atoms with Gasteiger partial charge in [-0.05, 0) is 12.8 Å². The van der Waals surface area contributed by atoms with Gasteiger partial charge >= 0.3 is 0 Å². The van der Waals surface area contributed by atoms with Gasteiger partial charge in [-0.1, -0.05) is 30.3 Å². The van der Waals surface area contributed by atoms with Crippen LogP contribution < -0.4 is 10.9 Å². The van der Waals surface area contributed by atoms with E-state index in [2.05, 4.69) is 15.3 Å². The predicted octanol–water partition coefficient (Wildman–Crippen LogP) is 2.03.